The van der Waals surface area contributed by atoms with Crippen molar-refractivity contribution in [1.82, 2.24) is 10.2 Å². The first-order valence-electron chi connectivity index (χ1n) is 10.4. The molecule has 1 unspecified atom stereocenters. The summed E-state index contributed by atoms with van der Waals surface area (Å²) in [4.78, 5) is 20.8. The molecule has 174 valence electrons. The second kappa shape index (κ2) is 12.5. The third-order valence-corrected chi connectivity index (χ3v) is 5.51. The van der Waals surface area contributed by atoms with Crippen molar-refractivity contribution in [3.05, 3.63) is 59.9 Å². The van der Waals surface area contributed by atoms with E-state index in [2.05, 4.69) is 26.2 Å². The van der Waals surface area contributed by atoms with Gasteiger partial charge in [0.05, 0.1) is 13.0 Å². The number of halogens is 2. The molecule has 1 saturated heterocycles. The summed E-state index contributed by atoms with van der Waals surface area (Å²) >= 11 is 0. The minimum Gasteiger partial charge on any atom is -0.497 e. The minimum absolute atomic E-state index is 0. The van der Waals surface area contributed by atoms with Gasteiger partial charge in [0.25, 0.3) is 0 Å². The second-order valence-electron chi connectivity index (χ2n) is 7.53. The molecule has 7 nitrogen and oxygen atoms in total. The van der Waals surface area contributed by atoms with E-state index in [4.69, 9.17) is 10.5 Å². The number of primary amides is 1. The number of hydrogen-bond donors (Lipinski definition) is 2. The normalized spacial score (nSPS) is 15.0. The van der Waals surface area contributed by atoms with E-state index in [1.165, 1.54) is 12.1 Å². The number of nitrogens with two attached hydrogens (primary N) is 1. The van der Waals surface area contributed by atoms with E-state index in [1.807, 2.05) is 18.2 Å². The molecule has 1 aliphatic heterocycles. The van der Waals surface area contributed by atoms with Gasteiger partial charge >= 0.3 is 0 Å². The van der Waals surface area contributed by atoms with Crippen LogP contribution in [-0.4, -0.2) is 63.6 Å². The highest BCUT2D eigenvalue weighted by Crippen LogP contribution is 2.22. The third kappa shape index (κ3) is 6.98. The highest BCUT2D eigenvalue weighted by Gasteiger charge is 2.22. The Hall–Kier alpha value is -2.56. The summed E-state index contributed by atoms with van der Waals surface area (Å²) in [6.45, 7) is 3.67. The zero-order chi connectivity index (χ0) is 22.2. The number of benzene rings is 2. The Morgan fingerprint density at radius 2 is 1.88 bits per heavy atom. The fourth-order valence-corrected chi connectivity index (χ4v) is 3.71. The number of rotatable bonds is 7. The third-order valence-electron chi connectivity index (χ3n) is 5.51. The molecular weight excluding hydrogens is 524 g/mol. The van der Waals surface area contributed by atoms with Gasteiger partial charge in [-0.15, -0.1) is 24.0 Å². The SMILES string of the molecule is CN=C(NCC(Cc1ccc(F)cc1)C(N)=O)N1CCN(c2cccc(OC)c2)CC1.I. The molecule has 32 heavy (non-hydrogen) atoms. The van der Waals surface area contributed by atoms with Crippen LogP contribution in [0.4, 0.5) is 10.1 Å². The number of methoxy groups -OCH3 is 1. The zero-order valence-corrected chi connectivity index (χ0v) is 20.8. The molecule has 0 spiro atoms. The zero-order valence-electron chi connectivity index (χ0n) is 18.5. The predicted octanol–water partition coefficient (Wildman–Crippen LogP) is 2.49. The van der Waals surface area contributed by atoms with Crippen LogP contribution in [-0.2, 0) is 11.2 Å². The van der Waals surface area contributed by atoms with E-state index in [0.717, 1.165) is 49.1 Å². The van der Waals surface area contributed by atoms with Gasteiger partial charge in [-0.3, -0.25) is 9.79 Å². The highest BCUT2D eigenvalue weighted by atomic mass is 127. The first-order chi connectivity index (χ1) is 15.0. The Kier molecular flexibility index (Phi) is 10.0. The number of amides is 1. The second-order valence-corrected chi connectivity index (χ2v) is 7.53. The predicted molar refractivity (Wildman–Crippen MR) is 136 cm³/mol. The lowest BCUT2D eigenvalue weighted by molar-refractivity contribution is -0.121. The van der Waals surface area contributed by atoms with Crippen LogP contribution >= 0.6 is 24.0 Å². The first kappa shape index (κ1) is 25.7. The quantitative estimate of drug-likeness (QED) is 0.312. The largest absolute Gasteiger partial charge is 0.497 e. The molecule has 1 atom stereocenters. The van der Waals surface area contributed by atoms with Crippen LogP contribution in [0.1, 0.15) is 5.56 Å². The van der Waals surface area contributed by atoms with Gasteiger partial charge in [0.1, 0.15) is 11.6 Å². The maximum atomic E-state index is 13.1. The molecule has 1 aliphatic rings. The van der Waals surface area contributed by atoms with Crippen molar-refractivity contribution in [3.8, 4) is 5.75 Å². The summed E-state index contributed by atoms with van der Waals surface area (Å²) < 4.78 is 18.4. The fraction of sp³-hybridized carbons (Fsp3) is 0.391. The number of ether oxygens (including phenoxy) is 1. The lowest BCUT2D eigenvalue weighted by atomic mass is 9.98. The van der Waals surface area contributed by atoms with Gasteiger partial charge in [-0.25, -0.2) is 4.39 Å². The number of nitrogens with one attached hydrogen (secondary N) is 1. The number of nitrogens with zero attached hydrogens (tertiary/aromatic N) is 3. The van der Waals surface area contributed by atoms with Gasteiger partial charge in [-0.1, -0.05) is 18.2 Å². The molecule has 1 fully saturated rings. The Bertz CT molecular complexity index is 902. The number of carbonyl (C=O) groups is 1. The molecule has 2 aromatic carbocycles. The van der Waals surface area contributed by atoms with Crippen molar-refractivity contribution in [2.75, 3.05) is 51.8 Å². The number of hydrogen-bond acceptors (Lipinski definition) is 4. The lowest BCUT2D eigenvalue weighted by Gasteiger charge is -2.38. The van der Waals surface area contributed by atoms with E-state index >= 15 is 0 Å². The van der Waals surface area contributed by atoms with Crippen LogP contribution in [0.2, 0.25) is 0 Å². The molecule has 2 aromatic rings. The topological polar surface area (TPSA) is 83.2 Å². The number of anilines is 1. The number of piperazine rings is 1. The van der Waals surface area contributed by atoms with E-state index in [-0.39, 0.29) is 29.8 Å². The molecule has 0 saturated carbocycles. The smallest absolute Gasteiger partial charge is 0.222 e. The van der Waals surface area contributed by atoms with Gasteiger partial charge in [0.15, 0.2) is 5.96 Å². The summed E-state index contributed by atoms with van der Waals surface area (Å²) in [7, 11) is 3.40. The van der Waals surface area contributed by atoms with E-state index in [9.17, 15) is 9.18 Å². The first-order valence-corrected chi connectivity index (χ1v) is 10.4. The van der Waals surface area contributed by atoms with E-state index in [0.29, 0.717) is 13.0 Å². The van der Waals surface area contributed by atoms with E-state index in [1.54, 1.807) is 26.3 Å². The average Bonchev–Trinajstić information content (AvgIpc) is 2.80. The van der Waals surface area contributed by atoms with Crippen molar-refractivity contribution < 1.29 is 13.9 Å². The van der Waals surface area contributed by atoms with Crippen molar-refractivity contribution >= 4 is 41.5 Å². The van der Waals surface area contributed by atoms with Crippen LogP contribution in [0.15, 0.2) is 53.5 Å². The summed E-state index contributed by atoms with van der Waals surface area (Å²) in [5, 5.41) is 3.29. The molecule has 0 bridgehead atoms. The monoisotopic (exact) mass is 555 g/mol. The van der Waals surface area contributed by atoms with Gasteiger partial charge in [0.2, 0.25) is 5.91 Å². The van der Waals surface area contributed by atoms with Gasteiger partial charge < -0.3 is 25.6 Å². The van der Waals surface area contributed by atoms with Gasteiger partial charge in [0, 0.05) is 51.5 Å². The Balaban J connectivity index is 0.00000363. The Morgan fingerprint density at radius 3 is 2.47 bits per heavy atom. The minimum atomic E-state index is -0.416. The van der Waals surface area contributed by atoms with Crippen LogP contribution in [0.25, 0.3) is 0 Å². The van der Waals surface area contributed by atoms with Crippen molar-refractivity contribution in [3.63, 3.8) is 0 Å². The fourth-order valence-electron chi connectivity index (χ4n) is 3.71. The van der Waals surface area contributed by atoms with Gasteiger partial charge in [-0.2, -0.15) is 0 Å². The molecule has 0 aliphatic carbocycles. The Labute approximate surface area is 205 Å². The Morgan fingerprint density at radius 1 is 1.19 bits per heavy atom. The number of aliphatic imine (C=N–C) groups is 1. The maximum Gasteiger partial charge on any atom is 0.222 e. The summed E-state index contributed by atoms with van der Waals surface area (Å²) in [6, 6.07) is 14.2. The van der Waals surface area contributed by atoms with Crippen molar-refractivity contribution in [2.24, 2.45) is 16.6 Å². The van der Waals surface area contributed by atoms with E-state index < -0.39 is 11.8 Å². The number of carbonyl (C=O) groups excluding carboxylic acids is 1. The van der Waals surface area contributed by atoms with Crippen molar-refractivity contribution in [1.29, 1.82) is 0 Å². The summed E-state index contributed by atoms with van der Waals surface area (Å²) in [5.74, 6) is 0.480. The lowest BCUT2D eigenvalue weighted by Crippen LogP contribution is -2.53. The standard InChI is InChI=1S/C23H30FN5O2.HI/c1-26-23(27-16-18(22(25)30)14-17-6-8-19(24)9-7-17)29-12-10-28(11-13-29)20-4-3-5-21(15-20)31-2;/h3-9,15,18H,10-14,16H2,1-2H3,(H2,25,30)(H,26,27);1H. The highest BCUT2D eigenvalue weighted by molar-refractivity contribution is 14.0. The van der Waals surface area contributed by atoms with Crippen LogP contribution < -0.4 is 20.7 Å². The van der Waals surface area contributed by atoms with Crippen LogP contribution in [0.5, 0.6) is 5.75 Å². The van der Waals surface area contributed by atoms with Crippen LogP contribution in [0.3, 0.4) is 0 Å². The molecule has 0 radical (unpaired) electrons. The molecule has 1 amide bonds. The molecule has 3 N–H and O–H groups in total. The average molecular weight is 555 g/mol. The molecule has 3 rings (SSSR count). The summed E-state index contributed by atoms with van der Waals surface area (Å²) in [5.41, 5.74) is 7.61. The number of guanidine groups is 1. The van der Waals surface area contributed by atoms with Gasteiger partial charge in [-0.05, 0) is 36.2 Å². The van der Waals surface area contributed by atoms with Crippen LogP contribution in [0, 0.1) is 11.7 Å². The molecule has 0 aromatic heterocycles. The molecule has 1 heterocycles. The van der Waals surface area contributed by atoms with Crippen molar-refractivity contribution in [2.45, 2.75) is 6.42 Å². The maximum absolute atomic E-state index is 13.1. The summed E-state index contributed by atoms with van der Waals surface area (Å²) in [6.07, 6.45) is 0.448. The molecular formula is C23H31FIN5O2. The molecule has 9 heteroatoms.